The number of carboxylic acids is 1. The average molecular weight is 269 g/mol. The zero-order chi connectivity index (χ0) is 13.9. The van der Waals surface area contributed by atoms with Gasteiger partial charge in [-0.2, -0.15) is 0 Å². The molecule has 1 unspecified atom stereocenters. The summed E-state index contributed by atoms with van der Waals surface area (Å²) in [7, 11) is 0. The van der Waals surface area contributed by atoms with Crippen molar-refractivity contribution < 1.29 is 9.90 Å². The molecule has 0 fully saturated rings. The number of aromatic carboxylic acids is 1. The van der Waals surface area contributed by atoms with Gasteiger partial charge < -0.3 is 10.4 Å². The van der Waals surface area contributed by atoms with E-state index in [2.05, 4.69) is 33.5 Å². The van der Waals surface area contributed by atoms with Crippen LogP contribution < -0.4 is 5.32 Å². The summed E-state index contributed by atoms with van der Waals surface area (Å²) in [4.78, 5) is 19.1. The molecule has 0 spiro atoms. The van der Waals surface area contributed by atoms with Crippen LogP contribution in [0.5, 0.6) is 0 Å². The molecule has 1 aromatic carbocycles. The number of aromatic nitrogens is 2. The van der Waals surface area contributed by atoms with Crippen LogP contribution in [0.3, 0.4) is 0 Å². The Hall–Kier alpha value is -2.43. The highest BCUT2D eigenvalue weighted by Crippen LogP contribution is 2.23. The Labute approximate surface area is 116 Å². The molecule has 1 heterocycles. The van der Waals surface area contributed by atoms with E-state index in [-0.39, 0.29) is 11.7 Å². The lowest BCUT2D eigenvalue weighted by Crippen LogP contribution is -2.28. The number of nitrogens with zero attached hydrogens (tertiary/aromatic N) is 2. The van der Waals surface area contributed by atoms with Gasteiger partial charge in [0.15, 0.2) is 11.5 Å². The molecule has 0 amide bonds. The Morgan fingerprint density at radius 2 is 1.95 bits per heavy atom. The van der Waals surface area contributed by atoms with Crippen LogP contribution in [0.15, 0.2) is 36.7 Å². The molecule has 0 radical (unpaired) electrons. The van der Waals surface area contributed by atoms with E-state index in [9.17, 15) is 4.79 Å². The molecule has 2 aromatic rings. The number of aryl methyl sites for hydroxylation is 1. The van der Waals surface area contributed by atoms with Gasteiger partial charge in [0.25, 0.3) is 0 Å². The molecular formula is C15H15N3O2. The standard InChI is InChI=1S/C15H15N3O2/c19-15(20)13-14(17-8-7-16-13)18-12-6-5-10-3-1-2-4-11(10)9-12/h1-4,7-8,12H,5-6,9H2,(H,17,18)(H,19,20). The summed E-state index contributed by atoms with van der Waals surface area (Å²) in [5, 5.41) is 12.3. The number of fused-ring (bicyclic) bond motifs is 1. The Kier molecular flexibility index (Phi) is 3.33. The van der Waals surface area contributed by atoms with Gasteiger partial charge >= 0.3 is 5.97 Å². The molecule has 20 heavy (non-hydrogen) atoms. The van der Waals surface area contributed by atoms with Crippen molar-refractivity contribution in [2.45, 2.75) is 25.3 Å². The van der Waals surface area contributed by atoms with Gasteiger partial charge in [-0.3, -0.25) is 0 Å². The number of hydrogen-bond donors (Lipinski definition) is 2. The van der Waals surface area contributed by atoms with Gasteiger partial charge in [-0.25, -0.2) is 14.8 Å². The van der Waals surface area contributed by atoms with Crippen LogP contribution in [0.2, 0.25) is 0 Å². The summed E-state index contributed by atoms with van der Waals surface area (Å²) < 4.78 is 0. The largest absolute Gasteiger partial charge is 0.476 e. The monoisotopic (exact) mass is 269 g/mol. The van der Waals surface area contributed by atoms with E-state index in [0.717, 1.165) is 19.3 Å². The van der Waals surface area contributed by atoms with Crippen molar-refractivity contribution in [2.75, 3.05) is 5.32 Å². The molecule has 2 N–H and O–H groups in total. The second kappa shape index (κ2) is 5.28. The van der Waals surface area contributed by atoms with Crippen molar-refractivity contribution >= 4 is 11.8 Å². The van der Waals surface area contributed by atoms with E-state index >= 15 is 0 Å². The first-order valence-corrected chi connectivity index (χ1v) is 6.61. The summed E-state index contributed by atoms with van der Waals surface area (Å²) in [6.07, 6.45) is 5.74. The van der Waals surface area contributed by atoms with Crippen LogP contribution in [0.1, 0.15) is 28.0 Å². The number of hydrogen-bond acceptors (Lipinski definition) is 4. The Morgan fingerprint density at radius 3 is 2.75 bits per heavy atom. The minimum atomic E-state index is -1.06. The van der Waals surface area contributed by atoms with Crippen LogP contribution >= 0.6 is 0 Å². The molecule has 1 aromatic heterocycles. The number of benzene rings is 1. The zero-order valence-electron chi connectivity index (χ0n) is 10.9. The smallest absolute Gasteiger partial charge is 0.358 e. The Morgan fingerprint density at radius 1 is 1.20 bits per heavy atom. The van der Waals surface area contributed by atoms with Crippen LogP contribution in [0.4, 0.5) is 5.82 Å². The van der Waals surface area contributed by atoms with Gasteiger partial charge in [0, 0.05) is 18.4 Å². The molecule has 5 heteroatoms. The van der Waals surface area contributed by atoms with Gasteiger partial charge in [-0.05, 0) is 30.4 Å². The molecule has 1 aliphatic rings. The number of nitrogens with one attached hydrogen (secondary N) is 1. The summed E-state index contributed by atoms with van der Waals surface area (Å²) in [6.45, 7) is 0. The molecule has 102 valence electrons. The van der Waals surface area contributed by atoms with E-state index in [4.69, 9.17) is 5.11 Å². The maximum absolute atomic E-state index is 11.1. The Bertz CT molecular complexity index is 643. The maximum atomic E-state index is 11.1. The molecule has 1 atom stereocenters. The van der Waals surface area contributed by atoms with Gasteiger partial charge in [0.05, 0.1) is 0 Å². The summed E-state index contributed by atoms with van der Waals surface area (Å²) in [6, 6.07) is 8.55. The van der Waals surface area contributed by atoms with Gasteiger partial charge in [0.1, 0.15) is 0 Å². The molecular weight excluding hydrogens is 254 g/mol. The number of anilines is 1. The normalized spacial score (nSPS) is 17.3. The number of carbonyl (C=O) groups is 1. The maximum Gasteiger partial charge on any atom is 0.358 e. The quantitative estimate of drug-likeness (QED) is 0.893. The lowest BCUT2D eigenvalue weighted by molar-refractivity contribution is 0.0691. The van der Waals surface area contributed by atoms with E-state index < -0.39 is 5.97 Å². The van der Waals surface area contributed by atoms with Crippen molar-refractivity contribution in [3.63, 3.8) is 0 Å². The highest BCUT2D eigenvalue weighted by Gasteiger charge is 2.21. The van der Waals surface area contributed by atoms with Crippen molar-refractivity contribution in [3.8, 4) is 0 Å². The molecule has 0 bridgehead atoms. The Balaban J connectivity index is 1.79. The molecule has 3 rings (SSSR count). The molecule has 0 saturated heterocycles. The predicted octanol–water partition coefficient (Wildman–Crippen LogP) is 2.14. The second-order valence-corrected chi connectivity index (χ2v) is 4.91. The van der Waals surface area contributed by atoms with Crippen LogP contribution in [0, 0.1) is 0 Å². The summed E-state index contributed by atoms with van der Waals surface area (Å²) >= 11 is 0. The first-order chi connectivity index (χ1) is 9.74. The van der Waals surface area contributed by atoms with Crippen molar-refractivity contribution in [1.82, 2.24) is 9.97 Å². The van der Waals surface area contributed by atoms with E-state index in [0.29, 0.717) is 5.82 Å². The van der Waals surface area contributed by atoms with E-state index in [1.807, 2.05) is 6.07 Å². The van der Waals surface area contributed by atoms with E-state index in [1.54, 1.807) is 0 Å². The average Bonchev–Trinajstić information content (AvgIpc) is 2.47. The first-order valence-electron chi connectivity index (χ1n) is 6.61. The third-order valence-electron chi connectivity index (χ3n) is 3.59. The lowest BCUT2D eigenvalue weighted by Gasteiger charge is -2.26. The van der Waals surface area contributed by atoms with Crippen LogP contribution in [0.25, 0.3) is 0 Å². The molecule has 0 aliphatic heterocycles. The predicted molar refractivity (Wildman–Crippen MR) is 74.9 cm³/mol. The SMILES string of the molecule is O=C(O)c1nccnc1NC1CCc2ccccc2C1. The van der Waals surface area contributed by atoms with Gasteiger partial charge in [-0.1, -0.05) is 24.3 Å². The lowest BCUT2D eigenvalue weighted by atomic mass is 9.88. The first kappa shape index (κ1) is 12.6. The molecule has 5 nitrogen and oxygen atoms in total. The van der Waals surface area contributed by atoms with Gasteiger partial charge in [-0.15, -0.1) is 0 Å². The summed E-state index contributed by atoms with van der Waals surface area (Å²) in [5.41, 5.74) is 2.67. The van der Waals surface area contributed by atoms with Crippen molar-refractivity contribution in [3.05, 3.63) is 53.5 Å². The highest BCUT2D eigenvalue weighted by atomic mass is 16.4. The van der Waals surface area contributed by atoms with E-state index in [1.165, 1.54) is 23.5 Å². The van der Waals surface area contributed by atoms with Crippen molar-refractivity contribution in [2.24, 2.45) is 0 Å². The third kappa shape index (κ3) is 2.47. The van der Waals surface area contributed by atoms with Crippen LogP contribution in [-0.4, -0.2) is 27.1 Å². The topological polar surface area (TPSA) is 75.1 Å². The molecule has 1 aliphatic carbocycles. The zero-order valence-corrected chi connectivity index (χ0v) is 10.9. The number of carboxylic acid groups (broad SMARTS) is 1. The molecule has 0 saturated carbocycles. The third-order valence-corrected chi connectivity index (χ3v) is 3.59. The fraction of sp³-hybridized carbons (Fsp3) is 0.267. The van der Waals surface area contributed by atoms with Gasteiger partial charge in [0.2, 0.25) is 0 Å². The number of rotatable bonds is 3. The fourth-order valence-electron chi connectivity index (χ4n) is 2.61. The highest BCUT2D eigenvalue weighted by molar-refractivity contribution is 5.90. The fourth-order valence-corrected chi connectivity index (χ4v) is 2.61. The minimum Gasteiger partial charge on any atom is -0.476 e. The van der Waals surface area contributed by atoms with Crippen molar-refractivity contribution in [1.29, 1.82) is 0 Å². The van der Waals surface area contributed by atoms with Crippen LogP contribution in [-0.2, 0) is 12.8 Å². The second-order valence-electron chi connectivity index (χ2n) is 4.91. The summed E-state index contributed by atoms with van der Waals surface area (Å²) in [5.74, 6) is -0.707. The minimum absolute atomic E-state index is 0.0219.